The van der Waals surface area contributed by atoms with Crippen molar-refractivity contribution in [1.29, 1.82) is 0 Å². The molecule has 1 heterocycles. The summed E-state index contributed by atoms with van der Waals surface area (Å²) in [6.07, 6.45) is 0.303. The molecule has 0 fully saturated rings. The van der Waals surface area contributed by atoms with Gasteiger partial charge in [-0.2, -0.15) is 11.3 Å². The van der Waals surface area contributed by atoms with Crippen LogP contribution >= 0.6 is 11.3 Å². The monoisotopic (exact) mass is 304 g/mol. The van der Waals surface area contributed by atoms with Gasteiger partial charge in [0, 0.05) is 6.54 Å². The molecule has 3 N–H and O–H groups in total. The van der Waals surface area contributed by atoms with Crippen molar-refractivity contribution in [2.75, 3.05) is 17.2 Å². The smallest absolute Gasteiger partial charge is 0.335 e. The molecular formula is C15H16N2O3S. The Bertz CT molecular complexity index is 653. The van der Waals surface area contributed by atoms with Crippen LogP contribution in [0.15, 0.2) is 35.0 Å². The maximum Gasteiger partial charge on any atom is 0.335 e. The van der Waals surface area contributed by atoms with Crippen LogP contribution in [0.1, 0.15) is 22.8 Å². The lowest BCUT2D eigenvalue weighted by molar-refractivity contribution is -0.117. The number of carbonyl (C=O) groups excluding carboxylic acids is 1. The number of benzene rings is 1. The molecule has 0 saturated carbocycles. The van der Waals surface area contributed by atoms with Crippen LogP contribution in [0.5, 0.6) is 0 Å². The van der Waals surface area contributed by atoms with E-state index in [4.69, 9.17) is 10.8 Å². The van der Waals surface area contributed by atoms with E-state index >= 15 is 0 Å². The Morgan fingerprint density at radius 3 is 2.62 bits per heavy atom. The van der Waals surface area contributed by atoms with E-state index in [-0.39, 0.29) is 17.2 Å². The number of rotatable bonds is 5. The van der Waals surface area contributed by atoms with Crippen LogP contribution in [-0.2, 0) is 11.2 Å². The first-order valence-electron chi connectivity index (χ1n) is 6.47. The minimum atomic E-state index is -1.04. The molecule has 6 heteroatoms. The molecule has 0 spiro atoms. The zero-order chi connectivity index (χ0) is 15.4. The van der Waals surface area contributed by atoms with E-state index in [9.17, 15) is 9.59 Å². The van der Waals surface area contributed by atoms with Gasteiger partial charge >= 0.3 is 5.97 Å². The van der Waals surface area contributed by atoms with Gasteiger partial charge < -0.3 is 15.7 Å². The molecule has 1 aromatic carbocycles. The highest BCUT2D eigenvalue weighted by molar-refractivity contribution is 7.08. The van der Waals surface area contributed by atoms with Crippen LogP contribution in [0.4, 0.5) is 11.4 Å². The van der Waals surface area contributed by atoms with Crippen molar-refractivity contribution in [3.05, 3.63) is 46.2 Å². The third kappa shape index (κ3) is 3.41. The minimum absolute atomic E-state index is 0.0642. The summed E-state index contributed by atoms with van der Waals surface area (Å²) in [5.41, 5.74) is 7.79. The molecule has 0 radical (unpaired) electrons. The molecule has 0 unspecified atom stereocenters. The van der Waals surface area contributed by atoms with Crippen molar-refractivity contribution in [3.63, 3.8) is 0 Å². The van der Waals surface area contributed by atoms with Crippen molar-refractivity contribution in [1.82, 2.24) is 0 Å². The molecule has 1 amide bonds. The predicted octanol–water partition coefficient (Wildman–Crippen LogP) is 2.62. The first-order chi connectivity index (χ1) is 10.0. The lowest BCUT2D eigenvalue weighted by Crippen LogP contribution is -2.32. The molecule has 1 aromatic heterocycles. The van der Waals surface area contributed by atoms with Gasteiger partial charge in [0.05, 0.1) is 23.4 Å². The summed E-state index contributed by atoms with van der Waals surface area (Å²) >= 11 is 1.54. The van der Waals surface area contributed by atoms with Gasteiger partial charge in [0.2, 0.25) is 5.91 Å². The van der Waals surface area contributed by atoms with E-state index in [1.165, 1.54) is 12.1 Å². The number of carbonyl (C=O) groups is 2. The number of hydrogen-bond acceptors (Lipinski definition) is 4. The highest BCUT2D eigenvalue weighted by atomic mass is 32.1. The lowest BCUT2D eigenvalue weighted by atomic mass is 10.1. The van der Waals surface area contributed by atoms with Crippen LogP contribution in [0.2, 0.25) is 0 Å². The van der Waals surface area contributed by atoms with Crippen molar-refractivity contribution < 1.29 is 14.7 Å². The minimum Gasteiger partial charge on any atom is -0.478 e. The van der Waals surface area contributed by atoms with Gasteiger partial charge in [-0.15, -0.1) is 0 Å². The fraction of sp³-hybridized carbons (Fsp3) is 0.200. The van der Waals surface area contributed by atoms with Crippen molar-refractivity contribution in [2.24, 2.45) is 0 Å². The number of nitrogens with zero attached hydrogens (tertiary/aromatic N) is 1. The quantitative estimate of drug-likeness (QED) is 0.832. The van der Waals surface area contributed by atoms with E-state index in [1.54, 1.807) is 22.3 Å². The van der Waals surface area contributed by atoms with Gasteiger partial charge in [-0.25, -0.2) is 4.79 Å². The highest BCUT2D eigenvalue weighted by Crippen LogP contribution is 2.25. The number of likely N-dealkylation sites (N-methyl/N-ethyl adjacent to an activating group) is 1. The van der Waals surface area contributed by atoms with Crippen molar-refractivity contribution >= 4 is 34.6 Å². The maximum atomic E-state index is 12.4. The predicted molar refractivity (Wildman–Crippen MR) is 83.9 cm³/mol. The number of nitrogen functional groups attached to an aromatic ring is 1. The number of nitrogens with two attached hydrogens (primary N) is 1. The van der Waals surface area contributed by atoms with Crippen LogP contribution in [0.3, 0.4) is 0 Å². The SMILES string of the molecule is CCN(C(=O)Cc1ccsc1)c1ccc(C(=O)O)cc1N. The average molecular weight is 304 g/mol. The lowest BCUT2D eigenvalue weighted by Gasteiger charge is -2.22. The van der Waals surface area contributed by atoms with Crippen LogP contribution in [-0.4, -0.2) is 23.5 Å². The number of thiophene rings is 1. The van der Waals surface area contributed by atoms with E-state index < -0.39 is 5.97 Å². The second kappa shape index (κ2) is 6.41. The third-order valence-corrected chi connectivity index (χ3v) is 3.85. The summed E-state index contributed by atoms with van der Waals surface area (Å²) in [4.78, 5) is 24.9. The molecule has 2 aromatic rings. The average Bonchev–Trinajstić information content (AvgIpc) is 2.94. The van der Waals surface area contributed by atoms with E-state index in [2.05, 4.69) is 0 Å². The fourth-order valence-corrected chi connectivity index (χ4v) is 2.75. The molecule has 0 aliphatic rings. The Labute approximate surface area is 126 Å². The van der Waals surface area contributed by atoms with Crippen molar-refractivity contribution in [3.8, 4) is 0 Å². The van der Waals surface area contributed by atoms with Crippen LogP contribution in [0, 0.1) is 0 Å². The molecule has 2 rings (SSSR count). The van der Waals surface area contributed by atoms with Gasteiger partial charge in [-0.1, -0.05) is 0 Å². The fourth-order valence-electron chi connectivity index (χ4n) is 2.08. The second-order valence-corrected chi connectivity index (χ2v) is 5.31. The Morgan fingerprint density at radius 2 is 2.10 bits per heavy atom. The summed E-state index contributed by atoms with van der Waals surface area (Å²) in [7, 11) is 0. The number of anilines is 2. The van der Waals surface area contributed by atoms with Gasteiger partial charge in [0.1, 0.15) is 0 Å². The summed E-state index contributed by atoms with van der Waals surface area (Å²) < 4.78 is 0. The van der Waals surface area contributed by atoms with E-state index in [0.29, 0.717) is 18.7 Å². The topological polar surface area (TPSA) is 83.6 Å². The molecule has 0 atom stereocenters. The molecule has 0 aliphatic heterocycles. The molecule has 5 nitrogen and oxygen atoms in total. The Kier molecular flexibility index (Phi) is 4.59. The summed E-state index contributed by atoms with van der Waals surface area (Å²) in [5, 5.41) is 12.8. The summed E-state index contributed by atoms with van der Waals surface area (Å²) in [6.45, 7) is 2.33. The summed E-state index contributed by atoms with van der Waals surface area (Å²) in [6, 6.07) is 6.31. The van der Waals surface area contributed by atoms with Crippen molar-refractivity contribution in [2.45, 2.75) is 13.3 Å². The van der Waals surface area contributed by atoms with E-state index in [1.807, 2.05) is 23.8 Å². The first kappa shape index (κ1) is 15.1. The Balaban J connectivity index is 2.24. The number of amides is 1. The molecule has 21 heavy (non-hydrogen) atoms. The first-order valence-corrected chi connectivity index (χ1v) is 7.41. The molecular weight excluding hydrogens is 288 g/mol. The Morgan fingerprint density at radius 1 is 1.33 bits per heavy atom. The van der Waals surface area contributed by atoms with Crippen LogP contribution in [0.25, 0.3) is 0 Å². The van der Waals surface area contributed by atoms with Gasteiger partial charge in [-0.05, 0) is 47.5 Å². The molecule has 0 saturated heterocycles. The van der Waals surface area contributed by atoms with Crippen LogP contribution < -0.4 is 10.6 Å². The maximum absolute atomic E-state index is 12.4. The second-order valence-electron chi connectivity index (χ2n) is 4.53. The number of aromatic carboxylic acids is 1. The normalized spacial score (nSPS) is 10.3. The number of carboxylic acid groups (broad SMARTS) is 1. The standard InChI is InChI=1S/C15H16N2O3S/c1-2-17(14(18)7-10-5-6-21-9-10)13-4-3-11(15(19)20)8-12(13)16/h3-6,8-9H,2,7,16H2,1H3,(H,19,20). The molecule has 0 bridgehead atoms. The van der Waals surface area contributed by atoms with Gasteiger partial charge in [0.15, 0.2) is 0 Å². The zero-order valence-corrected chi connectivity index (χ0v) is 12.4. The molecule has 110 valence electrons. The largest absolute Gasteiger partial charge is 0.478 e. The highest BCUT2D eigenvalue weighted by Gasteiger charge is 2.18. The van der Waals surface area contributed by atoms with Gasteiger partial charge in [-0.3, -0.25) is 4.79 Å². The van der Waals surface area contributed by atoms with E-state index in [0.717, 1.165) is 5.56 Å². The number of carboxylic acids is 1. The molecule has 0 aliphatic carbocycles. The summed E-state index contributed by atoms with van der Waals surface area (Å²) in [5.74, 6) is -1.11. The van der Waals surface area contributed by atoms with Gasteiger partial charge in [0.25, 0.3) is 0 Å². The number of hydrogen-bond donors (Lipinski definition) is 2. The third-order valence-electron chi connectivity index (χ3n) is 3.12. The zero-order valence-electron chi connectivity index (χ0n) is 11.6. The Hall–Kier alpha value is -2.34.